The van der Waals surface area contributed by atoms with Crippen LogP contribution in [0, 0.1) is 5.92 Å². The van der Waals surface area contributed by atoms with Crippen molar-refractivity contribution in [3.05, 3.63) is 35.4 Å². The molecule has 2 atom stereocenters. The lowest BCUT2D eigenvalue weighted by Crippen LogP contribution is -2.47. The number of hydrogen-bond donors (Lipinski definition) is 4. The smallest absolute Gasteiger partial charge is 0.239 e. The molecule has 1 rings (SSSR count). The van der Waals surface area contributed by atoms with Crippen LogP contribution >= 0.6 is 0 Å². The summed E-state index contributed by atoms with van der Waals surface area (Å²) in [6.07, 6.45) is -0.510. The Morgan fingerprint density at radius 1 is 1.14 bits per heavy atom. The molecule has 1 aromatic rings. The standard InChI is InChI=1S/C16H25N3O3/c1-10(2)15(17)16(22)19-9-14(21)18-8-12-4-6-13(7-5-12)11(3)20/h4-7,10-11,15,20H,8-9,17H2,1-3H3,(H,18,21)(H,19,22)/t11?,15-/m0/s1. The second kappa shape index (κ2) is 8.51. The van der Waals surface area contributed by atoms with E-state index in [1.807, 2.05) is 38.1 Å². The van der Waals surface area contributed by atoms with E-state index < -0.39 is 12.1 Å². The van der Waals surface area contributed by atoms with Gasteiger partial charge in [-0.1, -0.05) is 38.1 Å². The lowest BCUT2D eigenvalue weighted by atomic mass is 10.1. The molecule has 22 heavy (non-hydrogen) atoms. The lowest BCUT2D eigenvalue weighted by molar-refractivity contribution is -0.127. The molecule has 6 nitrogen and oxygen atoms in total. The van der Waals surface area contributed by atoms with Crippen LogP contribution < -0.4 is 16.4 Å². The van der Waals surface area contributed by atoms with E-state index in [-0.39, 0.29) is 24.3 Å². The van der Waals surface area contributed by atoms with Gasteiger partial charge < -0.3 is 21.5 Å². The first-order chi connectivity index (χ1) is 10.3. The van der Waals surface area contributed by atoms with Crippen LogP contribution in [0.2, 0.25) is 0 Å². The van der Waals surface area contributed by atoms with Crippen LogP contribution in [0.3, 0.4) is 0 Å². The summed E-state index contributed by atoms with van der Waals surface area (Å²) in [6, 6.07) is 6.71. The summed E-state index contributed by atoms with van der Waals surface area (Å²) in [6.45, 7) is 5.67. The van der Waals surface area contributed by atoms with Gasteiger partial charge in [-0.25, -0.2) is 0 Å². The number of benzene rings is 1. The fourth-order valence-electron chi connectivity index (χ4n) is 1.77. The Kier molecular flexibility index (Phi) is 7.01. The van der Waals surface area contributed by atoms with E-state index in [0.717, 1.165) is 11.1 Å². The van der Waals surface area contributed by atoms with Gasteiger partial charge in [0.15, 0.2) is 0 Å². The van der Waals surface area contributed by atoms with Gasteiger partial charge in [-0.3, -0.25) is 9.59 Å². The molecule has 0 fully saturated rings. The zero-order valence-corrected chi connectivity index (χ0v) is 13.3. The summed E-state index contributed by atoms with van der Waals surface area (Å²) in [4.78, 5) is 23.3. The summed E-state index contributed by atoms with van der Waals surface area (Å²) in [7, 11) is 0. The van der Waals surface area contributed by atoms with Gasteiger partial charge in [0.25, 0.3) is 0 Å². The molecule has 122 valence electrons. The average Bonchev–Trinajstić information content (AvgIpc) is 2.49. The zero-order valence-electron chi connectivity index (χ0n) is 13.3. The molecule has 0 saturated heterocycles. The quantitative estimate of drug-likeness (QED) is 0.587. The molecule has 5 N–H and O–H groups in total. The second-order valence-electron chi connectivity index (χ2n) is 5.68. The Morgan fingerprint density at radius 3 is 2.23 bits per heavy atom. The first-order valence-electron chi connectivity index (χ1n) is 7.38. The van der Waals surface area contributed by atoms with Gasteiger partial charge in [0.05, 0.1) is 18.7 Å². The third kappa shape index (κ3) is 5.83. The SMILES string of the molecule is CC(O)c1ccc(CNC(=O)CNC(=O)[C@@H](N)C(C)C)cc1. The molecule has 0 bridgehead atoms. The van der Waals surface area contributed by atoms with Crippen LogP contribution in [0.25, 0.3) is 0 Å². The number of carbonyl (C=O) groups is 2. The molecule has 0 heterocycles. The molecule has 0 aliphatic heterocycles. The van der Waals surface area contributed by atoms with Crippen molar-refractivity contribution in [3.63, 3.8) is 0 Å². The first-order valence-corrected chi connectivity index (χ1v) is 7.38. The van der Waals surface area contributed by atoms with Crippen molar-refractivity contribution in [2.45, 2.75) is 39.5 Å². The number of nitrogens with one attached hydrogen (secondary N) is 2. The summed E-state index contributed by atoms with van der Waals surface area (Å²) in [5.74, 6) is -0.578. The van der Waals surface area contributed by atoms with E-state index in [0.29, 0.717) is 6.54 Å². The molecular weight excluding hydrogens is 282 g/mol. The van der Waals surface area contributed by atoms with E-state index in [2.05, 4.69) is 10.6 Å². The first kappa shape index (κ1) is 18.1. The summed E-state index contributed by atoms with van der Waals surface area (Å²) >= 11 is 0. The van der Waals surface area contributed by atoms with E-state index >= 15 is 0 Å². The molecule has 0 spiro atoms. The number of nitrogens with two attached hydrogens (primary N) is 1. The van der Waals surface area contributed by atoms with Crippen LogP contribution in [0.1, 0.15) is 38.0 Å². The number of aliphatic hydroxyl groups excluding tert-OH is 1. The lowest BCUT2D eigenvalue weighted by Gasteiger charge is -2.15. The van der Waals surface area contributed by atoms with Crippen molar-refractivity contribution in [2.24, 2.45) is 11.7 Å². The molecule has 0 aliphatic rings. The van der Waals surface area contributed by atoms with Crippen molar-refractivity contribution in [1.29, 1.82) is 0 Å². The van der Waals surface area contributed by atoms with Gasteiger partial charge in [0.2, 0.25) is 11.8 Å². The van der Waals surface area contributed by atoms with Gasteiger partial charge in [0.1, 0.15) is 0 Å². The third-order valence-electron chi connectivity index (χ3n) is 3.40. The van der Waals surface area contributed by atoms with Crippen molar-refractivity contribution in [2.75, 3.05) is 6.54 Å². The maximum absolute atomic E-state index is 11.7. The van der Waals surface area contributed by atoms with Gasteiger partial charge >= 0.3 is 0 Å². The highest BCUT2D eigenvalue weighted by molar-refractivity contribution is 5.87. The zero-order chi connectivity index (χ0) is 16.7. The molecule has 0 saturated carbocycles. The summed E-state index contributed by atoms with van der Waals surface area (Å²) < 4.78 is 0. The van der Waals surface area contributed by atoms with Crippen molar-refractivity contribution in [1.82, 2.24) is 10.6 Å². The van der Waals surface area contributed by atoms with Crippen LogP contribution in [0.4, 0.5) is 0 Å². The molecule has 0 radical (unpaired) electrons. The maximum atomic E-state index is 11.7. The number of carbonyl (C=O) groups excluding carboxylic acids is 2. The predicted octanol–water partition coefficient (Wildman–Crippen LogP) is 0.456. The van der Waals surface area contributed by atoms with Crippen LogP contribution in [-0.4, -0.2) is 29.5 Å². The van der Waals surface area contributed by atoms with E-state index in [9.17, 15) is 14.7 Å². The minimum atomic E-state index is -0.610. The Morgan fingerprint density at radius 2 is 1.73 bits per heavy atom. The molecule has 6 heteroatoms. The van der Waals surface area contributed by atoms with Crippen molar-refractivity contribution < 1.29 is 14.7 Å². The Bertz CT molecular complexity index is 498. The van der Waals surface area contributed by atoms with Gasteiger partial charge in [0, 0.05) is 6.54 Å². The topological polar surface area (TPSA) is 104 Å². The minimum Gasteiger partial charge on any atom is -0.389 e. The van der Waals surface area contributed by atoms with Gasteiger partial charge in [-0.05, 0) is 24.0 Å². The molecular formula is C16H25N3O3. The van der Waals surface area contributed by atoms with Crippen LogP contribution in [-0.2, 0) is 16.1 Å². The Labute approximate surface area is 131 Å². The summed E-state index contributed by atoms with van der Waals surface area (Å²) in [5, 5.41) is 14.6. The fraction of sp³-hybridized carbons (Fsp3) is 0.500. The Balaban J connectivity index is 2.35. The minimum absolute atomic E-state index is 0.0236. The van der Waals surface area contributed by atoms with Crippen molar-refractivity contribution in [3.8, 4) is 0 Å². The molecule has 0 aromatic heterocycles. The number of aliphatic hydroxyl groups is 1. The maximum Gasteiger partial charge on any atom is 0.239 e. The van der Waals surface area contributed by atoms with E-state index in [1.165, 1.54) is 0 Å². The van der Waals surface area contributed by atoms with E-state index in [1.54, 1.807) is 6.92 Å². The molecule has 2 amide bonds. The van der Waals surface area contributed by atoms with Crippen LogP contribution in [0.5, 0.6) is 0 Å². The largest absolute Gasteiger partial charge is 0.389 e. The molecule has 0 aliphatic carbocycles. The molecule has 1 unspecified atom stereocenters. The monoisotopic (exact) mass is 307 g/mol. The number of hydrogen-bond acceptors (Lipinski definition) is 4. The Hall–Kier alpha value is -1.92. The predicted molar refractivity (Wildman–Crippen MR) is 84.7 cm³/mol. The number of rotatable bonds is 7. The summed E-state index contributed by atoms with van der Waals surface area (Å²) in [5.41, 5.74) is 7.43. The van der Waals surface area contributed by atoms with Crippen LogP contribution in [0.15, 0.2) is 24.3 Å². The number of amides is 2. The normalized spacial score (nSPS) is 13.5. The fourth-order valence-corrected chi connectivity index (χ4v) is 1.77. The molecule has 1 aromatic carbocycles. The highest BCUT2D eigenvalue weighted by Crippen LogP contribution is 2.12. The second-order valence-corrected chi connectivity index (χ2v) is 5.68. The highest BCUT2D eigenvalue weighted by Gasteiger charge is 2.17. The third-order valence-corrected chi connectivity index (χ3v) is 3.40. The van der Waals surface area contributed by atoms with Crippen molar-refractivity contribution >= 4 is 11.8 Å². The van der Waals surface area contributed by atoms with E-state index in [4.69, 9.17) is 5.73 Å². The van der Waals surface area contributed by atoms with Gasteiger partial charge in [-0.15, -0.1) is 0 Å². The highest BCUT2D eigenvalue weighted by atomic mass is 16.3. The average molecular weight is 307 g/mol. The van der Waals surface area contributed by atoms with Gasteiger partial charge in [-0.2, -0.15) is 0 Å².